The number of hydrogen-bond acceptors (Lipinski definition) is 12. The average molecular weight is 1100 g/mol. The minimum atomic E-state index is -0.477. The van der Waals surface area contributed by atoms with Crippen LogP contribution in [0.3, 0.4) is 0 Å². The smallest absolute Gasteiger partial charge is 0.253 e. The molecule has 3 heterocycles. The van der Waals surface area contributed by atoms with Gasteiger partial charge in [-0.25, -0.2) is 9.97 Å². The summed E-state index contributed by atoms with van der Waals surface area (Å²) in [5, 5.41) is 28.6. The molecule has 0 radical (unpaired) electrons. The molecule has 0 aliphatic heterocycles. The monoisotopic (exact) mass is 1100 g/mol. The molecule has 0 fully saturated rings. The molecule has 4 atom stereocenters. The van der Waals surface area contributed by atoms with Gasteiger partial charge >= 0.3 is 0 Å². The lowest BCUT2D eigenvalue weighted by atomic mass is 9.78. The summed E-state index contributed by atoms with van der Waals surface area (Å²) < 4.78 is 3.08. The van der Waals surface area contributed by atoms with Crippen molar-refractivity contribution in [2.24, 2.45) is 50.0 Å². The maximum atomic E-state index is 14.3. The zero-order chi connectivity index (χ0) is 58.6. The molecule has 0 bridgehead atoms. The Morgan fingerprint density at radius 1 is 0.525 bits per heavy atom. The number of anilines is 2. The third kappa shape index (κ3) is 17.9. The Morgan fingerprint density at radius 3 is 1.24 bits per heavy atom. The van der Waals surface area contributed by atoms with E-state index >= 15 is 0 Å². The Bertz CT molecular complexity index is 2520. The summed E-state index contributed by atoms with van der Waals surface area (Å²) >= 11 is 0. The highest BCUT2D eigenvalue weighted by Crippen LogP contribution is 2.40. The number of nitrogens with zero attached hydrogens (tertiary/aromatic N) is 11. The van der Waals surface area contributed by atoms with Crippen LogP contribution in [0.15, 0.2) is 81.4 Å². The Kier molecular flexibility index (Phi) is 25.2. The van der Waals surface area contributed by atoms with E-state index in [-0.39, 0.29) is 29.2 Å². The van der Waals surface area contributed by atoms with Gasteiger partial charge in [0.15, 0.2) is 40.4 Å². The molecule has 15 nitrogen and oxygen atoms in total. The second-order valence-electron chi connectivity index (χ2n) is 24.6. The first-order chi connectivity index (χ1) is 38.2. The van der Waals surface area contributed by atoms with E-state index in [0.29, 0.717) is 80.6 Å². The first-order valence-electron chi connectivity index (χ1n) is 30.7. The maximum absolute atomic E-state index is 14.3. The maximum Gasteiger partial charge on any atom is 0.253 e. The molecule has 438 valence electrons. The van der Waals surface area contributed by atoms with Crippen molar-refractivity contribution in [3.8, 4) is 11.6 Å². The number of unbranched alkanes of at least 4 members (excludes halogenated alkanes) is 4. The molecule has 5 aromatic rings. The highest BCUT2D eigenvalue weighted by molar-refractivity contribution is 5.98. The standard InChI is InChI=1S/C65H101N13O2/c1-15-23-27-45(19-5)39-51(40-46(20-6)28-24-16-2)58(79)49-31-35-52(36-32-49)70-72-56-59(64(9,10)11)74-77(61(56)66)54-41-55(69-44-68-54)78-62(67)57(60(75-78)65(12,13)14)73-71-53-37-33-50(34-38-53)63(80)76(42-47(21-7)29-25-17-3)43-48(22-8)30-26-18-4/h31-38,41,44-48,51H,15-30,39-40,42-43,66-67H2,1-14H3/b72-70+,73-71+. The second kappa shape index (κ2) is 31.2. The Labute approximate surface area is 481 Å². The molecule has 15 heteroatoms. The summed E-state index contributed by atoms with van der Waals surface area (Å²) in [6.07, 6.45) is 21.5. The second-order valence-corrected chi connectivity index (χ2v) is 24.6. The van der Waals surface area contributed by atoms with Gasteiger partial charge in [0.1, 0.15) is 6.33 Å². The largest absolute Gasteiger partial charge is 0.382 e. The molecule has 0 saturated carbocycles. The molecule has 1 amide bonds. The van der Waals surface area contributed by atoms with E-state index in [1.165, 1.54) is 67.1 Å². The number of nitrogen functional groups attached to an aromatic ring is 2. The van der Waals surface area contributed by atoms with Crippen LogP contribution in [0, 0.1) is 29.6 Å². The molecule has 4 unspecified atom stereocenters. The lowest BCUT2D eigenvalue weighted by Crippen LogP contribution is -2.39. The highest BCUT2D eigenvalue weighted by Gasteiger charge is 2.31. The number of amides is 1. The molecule has 0 saturated heterocycles. The van der Waals surface area contributed by atoms with E-state index in [2.05, 4.69) is 80.5 Å². The fourth-order valence-electron chi connectivity index (χ4n) is 10.7. The van der Waals surface area contributed by atoms with Crippen molar-refractivity contribution in [1.29, 1.82) is 0 Å². The number of carbonyl (C=O) groups is 2. The minimum absolute atomic E-state index is 0.00511. The fourth-order valence-corrected chi connectivity index (χ4v) is 10.7. The van der Waals surface area contributed by atoms with Crippen LogP contribution >= 0.6 is 0 Å². The molecule has 2 aromatic carbocycles. The first-order valence-corrected chi connectivity index (χ1v) is 30.7. The van der Waals surface area contributed by atoms with Crippen LogP contribution < -0.4 is 11.5 Å². The predicted molar refractivity (Wildman–Crippen MR) is 330 cm³/mol. The van der Waals surface area contributed by atoms with E-state index in [4.69, 9.17) is 31.9 Å². The van der Waals surface area contributed by atoms with Gasteiger partial charge in [-0.15, -0.1) is 10.2 Å². The van der Waals surface area contributed by atoms with Crippen LogP contribution in [0.25, 0.3) is 11.6 Å². The van der Waals surface area contributed by atoms with Crippen LogP contribution in [0.5, 0.6) is 0 Å². The van der Waals surface area contributed by atoms with Crippen molar-refractivity contribution < 1.29 is 9.59 Å². The van der Waals surface area contributed by atoms with Crippen LogP contribution in [0.2, 0.25) is 0 Å². The fraction of sp³-hybridized carbons (Fsp3) is 0.631. The van der Waals surface area contributed by atoms with Crippen molar-refractivity contribution in [3.05, 3.63) is 83.4 Å². The van der Waals surface area contributed by atoms with Crippen molar-refractivity contribution in [3.63, 3.8) is 0 Å². The summed E-state index contributed by atoms with van der Waals surface area (Å²) in [5.74, 6) is 3.55. The van der Waals surface area contributed by atoms with Gasteiger partial charge < -0.3 is 16.4 Å². The Morgan fingerprint density at radius 2 is 0.887 bits per heavy atom. The van der Waals surface area contributed by atoms with E-state index in [9.17, 15) is 9.59 Å². The molecular formula is C65H101N13O2. The SMILES string of the molecule is CCCCC(CC)CC(CC(CC)CCCC)C(=O)c1ccc(/N=N/c2c(C(C)(C)C)nn(-c3cc(-n4nc(C(C)(C)C)c(/N=N/c5ccc(C(=O)N(CC(CC)CCCC)CC(CC)CCCC)cc5)c4N)ncn3)c2N)cc1. The van der Waals surface area contributed by atoms with Crippen molar-refractivity contribution in [2.75, 3.05) is 24.6 Å². The van der Waals surface area contributed by atoms with Gasteiger partial charge in [0, 0.05) is 47.0 Å². The molecule has 0 aliphatic rings. The van der Waals surface area contributed by atoms with Gasteiger partial charge in [-0.05, 0) is 97.9 Å². The molecule has 4 N–H and O–H groups in total. The summed E-state index contributed by atoms with van der Waals surface area (Å²) in [6.45, 7) is 31.7. The molecule has 3 aromatic heterocycles. The Hall–Kier alpha value is -6.12. The summed E-state index contributed by atoms with van der Waals surface area (Å²) in [7, 11) is 0. The summed E-state index contributed by atoms with van der Waals surface area (Å²) in [6, 6.07) is 16.6. The van der Waals surface area contributed by atoms with Gasteiger partial charge in [0.2, 0.25) is 0 Å². The van der Waals surface area contributed by atoms with Crippen LogP contribution in [0.1, 0.15) is 245 Å². The van der Waals surface area contributed by atoms with Gasteiger partial charge in [-0.3, -0.25) is 9.59 Å². The number of hydrogen-bond donors (Lipinski definition) is 2. The van der Waals surface area contributed by atoms with Crippen LogP contribution in [0.4, 0.5) is 34.4 Å². The predicted octanol–water partition coefficient (Wildman–Crippen LogP) is 18.3. The van der Waals surface area contributed by atoms with E-state index in [1.807, 2.05) is 90.1 Å². The van der Waals surface area contributed by atoms with Gasteiger partial charge in [-0.1, -0.05) is 187 Å². The zero-order valence-electron chi connectivity index (χ0n) is 51.7. The molecule has 0 spiro atoms. The van der Waals surface area contributed by atoms with Crippen molar-refractivity contribution >= 4 is 46.1 Å². The number of rotatable bonds is 33. The number of azo groups is 2. The van der Waals surface area contributed by atoms with Crippen molar-refractivity contribution in [2.45, 2.75) is 223 Å². The minimum Gasteiger partial charge on any atom is -0.382 e. The molecular weight excluding hydrogens is 995 g/mol. The summed E-state index contributed by atoms with van der Waals surface area (Å²) in [5.41, 5.74) is 17.5. The third-order valence-corrected chi connectivity index (χ3v) is 16.1. The number of ketones is 1. The van der Waals surface area contributed by atoms with Crippen LogP contribution in [-0.4, -0.2) is 59.2 Å². The number of nitrogens with two attached hydrogens (primary N) is 2. The summed E-state index contributed by atoms with van der Waals surface area (Å²) in [4.78, 5) is 39.8. The number of aromatic nitrogens is 6. The zero-order valence-corrected chi connectivity index (χ0v) is 51.7. The van der Waals surface area contributed by atoms with E-state index in [1.54, 1.807) is 6.07 Å². The van der Waals surface area contributed by atoms with Gasteiger partial charge in [-0.2, -0.15) is 29.8 Å². The quantitative estimate of drug-likeness (QED) is 0.0305. The highest BCUT2D eigenvalue weighted by atomic mass is 16.2. The Balaban J connectivity index is 1.41. The van der Waals surface area contributed by atoms with E-state index in [0.717, 1.165) is 77.3 Å². The average Bonchev–Trinajstić information content (AvgIpc) is 4.01. The number of benzene rings is 2. The van der Waals surface area contributed by atoms with Gasteiger partial charge in [0.05, 0.1) is 22.8 Å². The number of Topliss-reactive ketones (excluding diaryl/α,β-unsaturated/α-hetero) is 1. The molecule has 5 rings (SSSR count). The van der Waals surface area contributed by atoms with E-state index < -0.39 is 10.8 Å². The first kappa shape index (κ1) is 64.7. The lowest BCUT2D eigenvalue weighted by molar-refractivity contribution is 0.0684. The topological polar surface area (TPSA) is 200 Å². The third-order valence-electron chi connectivity index (χ3n) is 16.1. The molecule has 80 heavy (non-hydrogen) atoms. The van der Waals surface area contributed by atoms with Gasteiger partial charge in [0.25, 0.3) is 5.91 Å². The number of carbonyl (C=O) groups excluding carboxylic acids is 2. The normalized spacial score (nSPS) is 14.2. The molecule has 0 aliphatic carbocycles. The lowest BCUT2D eigenvalue weighted by Gasteiger charge is -2.31. The van der Waals surface area contributed by atoms with Crippen LogP contribution in [-0.2, 0) is 10.8 Å². The van der Waals surface area contributed by atoms with Crippen molar-refractivity contribution in [1.82, 2.24) is 34.4 Å².